The van der Waals surface area contributed by atoms with Gasteiger partial charge in [-0.2, -0.15) is 10.2 Å². The lowest BCUT2D eigenvalue weighted by Gasteiger charge is -2.07. The highest BCUT2D eigenvalue weighted by Crippen LogP contribution is 2.23. The maximum atomic E-state index is 12.4. The van der Waals surface area contributed by atoms with Gasteiger partial charge in [0.25, 0.3) is 10.0 Å². The summed E-state index contributed by atoms with van der Waals surface area (Å²) >= 11 is 0. The van der Waals surface area contributed by atoms with Crippen LogP contribution >= 0.6 is 0 Å². The minimum atomic E-state index is -3.65. The summed E-state index contributed by atoms with van der Waals surface area (Å²) in [5, 5.41) is 8.23. The van der Waals surface area contributed by atoms with Crippen LogP contribution in [0.3, 0.4) is 0 Å². The van der Waals surface area contributed by atoms with Gasteiger partial charge < -0.3 is 0 Å². The molecule has 0 radical (unpaired) electrons. The summed E-state index contributed by atoms with van der Waals surface area (Å²) < 4.78 is 30.5. The summed E-state index contributed by atoms with van der Waals surface area (Å²) in [5.74, 6) is 0. The zero-order valence-electron chi connectivity index (χ0n) is 11.6. The van der Waals surface area contributed by atoms with Crippen molar-refractivity contribution < 1.29 is 8.42 Å². The molecule has 0 aromatic carbocycles. The standard InChI is InChI=1S/C11H17N5O2S/c1-7-10(6-15(4)12-7)14-19(17,18)11-8(2)13-16(5)9(11)3/h6,14H,1-5H3. The van der Waals surface area contributed by atoms with Crippen molar-refractivity contribution in [1.82, 2.24) is 19.6 Å². The van der Waals surface area contributed by atoms with Gasteiger partial charge in [0.15, 0.2) is 0 Å². The van der Waals surface area contributed by atoms with Gasteiger partial charge in [0.1, 0.15) is 4.90 Å². The number of nitrogens with zero attached hydrogens (tertiary/aromatic N) is 4. The number of aryl methyl sites for hydroxylation is 4. The fourth-order valence-electron chi connectivity index (χ4n) is 2.04. The fraction of sp³-hybridized carbons (Fsp3) is 0.455. The lowest BCUT2D eigenvalue weighted by atomic mass is 10.4. The Hall–Kier alpha value is -1.83. The molecular weight excluding hydrogens is 266 g/mol. The van der Waals surface area contributed by atoms with Crippen LogP contribution in [0.4, 0.5) is 5.69 Å². The van der Waals surface area contributed by atoms with Crippen molar-refractivity contribution in [3.05, 3.63) is 23.3 Å². The molecule has 0 spiro atoms. The highest BCUT2D eigenvalue weighted by molar-refractivity contribution is 7.92. The molecule has 0 aliphatic rings. The average Bonchev–Trinajstić information content (AvgIpc) is 2.68. The fourth-order valence-corrected chi connectivity index (χ4v) is 3.58. The molecule has 0 fully saturated rings. The molecule has 0 bridgehead atoms. The van der Waals surface area contributed by atoms with E-state index in [2.05, 4.69) is 14.9 Å². The van der Waals surface area contributed by atoms with Crippen LogP contribution in [-0.2, 0) is 24.1 Å². The molecule has 7 nitrogen and oxygen atoms in total. The Bertz CT molecular complexity index is 727. The molecule has 0 atom stereocenters. The number of hydrogen-bond donors (Lipinski definition) is 1. The van der Waals surface area contributed by atoms with Gasteiger partial charge in [0, 0.05) is 20.3 Å². The van der Waals surface area contributed by atoms with Crippen molar-refractivity contribution >= 4 is 15.7 Å². The van der Waals surface area contributed by atoms with Gasteiger partial charge in [-0.3, -0.25) is 14.1 Å². The molecule has 2 aromatic rings. The van der Waals surface area contributed by atoms with Crippen molar-refractivity contribution in [2.24, 2.45) is 14.1 Å². The van der Waals surface area contributed by atoms with E-state index in [1.54, 1.807) is 50.4 Å². The highest BCUT2D eigenvalue weighted by atomic mass is 32.2. The summed E-state index contributed by atoms with van der Waals surface area (Å²) in [6.45, 7) is 5.16. The van der Waals surface area contributed by atoms with Gasteiger partial charge in [-0.25, -0.2) is 8.42 Å². The zero-order valence-corrected chi connectivity index (χ0v) is 12.4. The molecule has 104 valence electrons. The maximum absolute atomic E-state index is 12.4. The average molecular weight is 283 g/mol. The van der Waals surface area contributed by atoms with Crippen LogP contribution in [0.1, 0.15) is 17.1 Å². The number of nitrogens with one attached hydrogen (secondary N) is 1. The minimum Gasteiger partial charge on any atom is -0.276 e. The first kappa shape index (κ1) is 13.6. The Labute approximate surface area is 112 Å². The van der Waals surface area contributed by atoms with Crippen LogP contribution in [0.2, 0.25) is 0 Å². The molecule has 19 heavy (non-hydrogen) atoms. The monoisotopic (exact) mass is 283 g/mol. The topological polar surface area (TPSA) is 81.8 Å². The summed E-state index contributed by atoms with van der Waals surface area (Å²) in [4.78, 5) is 0.221. The van der Waals surface area contributed by atoms with Crippen LogP contribution in [-0.4, -0.2) is 28.0 Å². The summed E-state index contributed by atoms with van der Waals surface area (Å²) in [6, 6.07) is 0. The van der Waals surface area contributed by atoms with Gasteiger partial charge in [-0.1, -0.05) is 0 Å². The maximum Gasteiger partial charge on any atom is 0.265 e. The predicted octanol–water partition coefficient (Wildman–Crippen LogP) is 0.880. The zero-order chi connectivity index (χ0) is 14.4. The van der Waals surface area contributed by atoms with Crippen LogP contribution in [0.15, 0.2) is 11.1 Å². The second kappa shape index (κ2) is 4.37. The molecule has 0 aliphatic carbocycles. The Morgan fingerprint density at radius 2 is 1.74 bits per heavy atom. The van der Waals surface area contributed by atoms with Crippen LogP contribution in [0, 0.1) is 20.8 Å². The number of rotatable bonds is 3. The highest BCUT2D eigenvalue weighted by Gasteiger charge is 2.24. The van der Waals surface area contributed by atoms with Gasteiger partial charge in [-0.05, 0) is 20.8 Å². The molecule has 2 rings (SSSR count). The van der Waals surface area contributed by atoms with Crippen molar-refractivity contribution in [2.45, 2.75) is 25.7 Å². The van der Waals surface area contributed by atoms with Crippen molar-refractivity contribution in [3.8, 4) is 0 Å². The van der Waals surface area contributed by atoms with E-state index in [0.717, 1.165) is 0 Å². The van der Waals surface area contributed by atoms with E-state index in [4.69, 9.17) is 0 Å². The summed E-state index contributed by atoms with van der Waals surface area (Å²) in [6.07, 6.45) is 1.63. The molecule has 0 aliphatic heterocycles. The Balaban J connectivity index is 2.46. The molecule has 0 unspecified atom stereocenters. The van der Waals surface area contributed by atoms with Crippen molar-refractivity contribution in [1.29, 1.82) is 0 Å². The Morgan fingerprint density at radius 1 is 1.11 bits per heavy atom. The summed E-state index contributed by atoms with van der Waals surface area (Å²) in [7, 11) is -0.189. The van der Waals surface area contributed by atoms with Gasteiger partial charge in [0.2, 0.25) is 0 Å². The Kier molecular flexibility index (Phi) is 3.13. The molecule has 0 saturated carbocycles. The second-order valence-corrected chi connectivity index (χ2v) is 6.15. The largest absolute Gasteiger partial charge is 0.276 e. The van der Waals surface area contributed by atoms with Crippen LogP contribution in [0.5, 0.6) is 0 Å². The van der Waals surface area contributed by atoms with Gasteiger partial charge >= 0.3 is 0 Å². The first-order chi connectivity index (χ1) is 8.72. The predicted molar refractivity (Wildman–Crippen MR) is 71.4 cm³/mol. The minimum absolute atomic E-state index is 0.221. The van der Waals surface area contributed by atoms with E-state index in [-0.39, 0.29) is 4.90 Å². The summed E-state index contributed by atoms with van der Waals surface area (Å²) in [5.41, 5.74) is 2.19. The third-order valence-electron chi connectivity index (χ3n) is 2.97. The third-order valence-corrected chi connectivity index (χ3v) is 4.59. The molecule has 0 saturated heterocycles. The van der Waals surface area contributed by atoms with Crippen molar-refractivity contribution in [3.63, 3.8) is 0 Å². The van der Waals surface area contributed by atoms with E-state index in [1.165, 1.54) is 0 Å². The molecule has 0 amide bonds. The number of sulfonamides is 1. The van der Waals surface area contributed by atoms with Crippen LogP contribution < -0.4 is 4.72 Å². The van der Waals surface area contributed by atoms with E-state index in [9.17, 15) is 8.42 Å². The molecular formula is C11H17N5O2S. The lowest BCUT2D eigenvalue weighted by Crippen LogP contribution is -2.15. The van der Waals surface area contributed by atoms with Gasteiger partial charge in [-0.15, -0.1) is 0 Å². The molecule has 2 heterocycles. The van der Waals surface area contributed by atoms with Gasteiger partial charge in [0.05, 0.1) is 22.8 Å². The first-order valence-electron chi connectivity index (χ1n) is 5.75. The first-order valence-corrected chi connectivity index (χ1v) is 7.24. The third kappa shape index (κ3) is 2.35. The second-order valence-electron chi connectivity index (χ2n) is 4.53. The normalized spacial score (nSPS) is 11.8. The van der Waals surface area contributed by atoms with E-state index < -0.39 is 10.0 Å². The molecule has 2 aromatic heterocycles. The smallest absolute Gasteiger partial charge is 0.265 e. The van der Waals surface area contributed by atoms with E-state index >= 15 is 0 Å². The SMILES string of the molecule is Cc1nn(C)cc1NS(=O)(=O)c1c(C)nn(C)c1C. The number of anilines is 1. The Morgan fingerprint density at radius 3 is 2.16 bits per heavy atom. The van der Waals surface area contributed by atoms with E-state index in [0.29, 0.717) is 22.8 Å². The molecule has 8 heteroatoms. The lowest BCUT2D eigenvalue weighted by molar-refractivity contribution is 0.599. The number of aromatic nitrogens is 4. The van der Waals surface area contributed by atoms with E-state index in [1.807, 2.05) is 0 Å². The quantitative estimate of drug-likeness (QED) is 0.906. The van der Waals surface area contributed by atoms with Crippen LogP contribution in [0.25, 0.3) is 0 Å². The molecule has 1 N–H and O–H groups in total. The van der Waals surface area contributed by atoms with Crippen molar-refractivity contribution in [2.75, 3.05) is 4.72 Å². The number of hydrogen-bond acceptors (Lipinski definition) is 4.